The molecule has 0 saturated heterocycles. The fourth-order valence-electron chi connectivity index (χ4n) is 1.13. The Hall–Kier alpha value is -1.62. The van der Waals surface area contributed by atoms with Crippen LogP contribution in [0, 0.1) is 15.9 Å². The monoisotopic (exact) mass is 337 g/mol. The second kappa shape index (κ2) is 5.40. The number of nitro benzene ring substituents is 1. The van der Waals surface area contributed by atoms with E-state index in [-0.39, 0.29) is 12.1 Å². The van der Waals surface area contributed by atoms with Gasteiger partial charge in [-0.3, -0.25) is 10.1 Å². The van der Waals surface area contributed by atoms with Crippen LogP contribution in [0.15, 0.2) is 17.0 Å². The molecule has 1 aromatic carbocycles. The number of nitro groups is 1. The van der Waals surface area contributed by atoms with Gasteiger partial charge in [0.15, 0.2) is 12.4 Å². The van der Waals surface area contributed by atoms with Crippen molar-refractivity contribution in [3.05, 3.63) is 28.1 Å². The number of ether oxygens (including phenoxy) is 1. The molecule has 0 radical (unpaired) electrons. The van der Waals surface area contributed by atoms with E-state index < -0.39 is 48.9 Å². The molecule has 112 valence electrons. The predicted octanol–water partition coefficient (Wildman–Crippen LogP) is 2.60. The van der Waals surface area contributed by atoms with E-state index >= 15 is 0 Å². The summed E-state index contributed by atoms with van der Waals surface area (Å²) in [5, 5.41) is 10.6. The van der Waals surface area contributed by atoms with Crippen molar-refractivity contribution in [2.75, 3.05) is 6.61 Å². The summed E-state index contributed by atoms with van der Waals surface area (Å²) in [6.45, 7) is -1.90. The van der Waals surface area contributed by atoms with Crippen molar-refractivity contribution in [1.29, 1.82) is 0 Å². The van der Waals surface area contributed by atoms with Crippen molar-refractivity contribution in [3.63, 3.8) is 0 Å². The summed E-state index contributed by atoms with van der Waals surface area (Å²) in [5.41, 5.74) is -1.16. The van der Waals surface area contributed by atoms with Crippen LogP contribution in [0.5, 0.6) is 5.75 Å². The first-order valence-electron chi connectivity index (χ1n) is 4.54. The van der Waals surface area contributed by atoms with Gasteiger partial charge in [-0.25, -0.2) is 12.8 Å². The molecule has 0 heterocycles. The molecule has 0 fully saturated rings. The Labute approximate surface area is 113 Å². The Morgan fingerprint density at radius 2 is 1.90 bits per heavy atom. The molecule has 0 amide bonds. The lowest BCUT2D eigenvalue weighted by Gasteiger charge is -2.10. The third-order valence-electron chi connectivity index (χ3n) is 1.86. The van der Waals surface area contributed by atoms with Crippen molar-refractivity contribution in [1.82, 2.24) is 0 Å². The maximum absolute atomic E-state index is 13.4. The van der Waals surface area contributed by atoms with Gasteiger partial charge in [-0.2, -0.15) is 13.2 Å². The van der Waals surface area contributed by atoms with Crippen LogP contribution >= 0.6 is 10.7 Å². The number of halogens is 5. The molecule has 0 aromatic heterocycles. The van der Waals surface area contributed by atoms with E-state index in [4.69, 9.17) is 10.7 Å². The Morgan fingerprint density at radius 3 is 2.30 bits per heavy atom. The highest BCUT2D eigenvalue weighted by molar-refractivity contribution is 8.13. The highest BCUT2D eigenvalue weighted by Gasteiger charge is 2.31. The predicted molar refractivity (Wildman–Crippen MR) is 57.6 cm³/mol. The van der Waals surface area contributed by atoms with E-state index in [9.17, 15) is 36.1 Å². The zero-order chi connectivity index (χ0) is 15.7. The molecule has 0 aliphatic carbocycles. The quantitative estimate of drug-likeness (QED) is 0.365. The molecule has 0 bridgehead atoms. The van der Waals surface area contributed by atoms with Gasteiger partial charge >= 0.3 is 11.9 Å². The van der Waals surface area contributed by atoms with Gasteiger partial charge in [0, 0.05) is 22.8 Å². The number of rotatable bonds is 4. The molecule has 1 aromatic rings. The molecule has 1 rings (SSSR count). The van der Waals surface area contributed by atoms with Gasteiger partial charge in [0.25, 0.3) is 9.05 Å². The largest absolute Gasteiger partial charge is 0.477 e. The Kier molecular flexibility index (Phi) is 4.44. The van der Waals surface area contributed by atoms with Crippen LogP contribution in [0.4, 0.5) is 23.2 Å². The Bertz CT molecular complexity index is 645. The minimum absolute atomic E-state index is 0.152. The lowest BCUT2D eigenvalue weighted by molar-refractivity contribution is -0.386. The van der Waals surface area contributed by atoms with Crippen LogP contribution in [0.3, 0.4) is 0 Å². The molecule has 0 unspecified atom stereocenters. The molecule has 20 heavy (non-hydrogen) atoms. The van der Waals surface area contributed by atoms with Crippen molar-refractivity contribution >= 4 is 25.4 Å². The van der Waals surface area contributed by atoms with E-state index in [1.807, 2.05) is 0 Å². The van der Waals surface area contributed by atoms with Crippen LogP contribution in [-0.2, 0) is 9.05 Å². The number of alkyl halides is 3. The highest BCUT2D eigenvalue weighted by atomic mass is 35.7. The van der Waals surface area contributed by atoms with Gasteiger partial charge < -0.3 is 4.74 Å². The summed E-state index contributed by atoms with van der Waals surface area (Å²) in [7, 11) is 0.197. The average Bonchev–Trinajstić information content (AvgIpc) is 2.23. The summed E-state index contributed by atoms with van der Waals surface area (Å²) < 4.78 is 75.1. The lowest BCUT2D eigenvalue weighted by atomic mass is 10.3. The van der Waals surface area contributed by atoms with Gasteiger partial charge in [-0.05, 0) is 0 Å². The Balaban J connectivity index is 3.33. The second-order valence-corrected chi connectivity index (χ2v) is 5.88. The van der Waals surface area contributed by atoms with Crippen molar-refractivity contribution in [2.45, 2.75) is 11.1 Å². The summed E-state index contributed by atoms with van der Waals surface area (Å²) in [5.74, 6) is -2.63. The summed E-state index contributed by atoms with van der Waals surface area (Å²) in [4.78, 5) is 8.16. The number of benzene rings is 1. The standard InChI is InChI=1S/C8H4ClF4NO5S/c9-20(17,18)7-2-5(14(15)16)6(1-4(7)10)19-3-8(11,12)13/h1-2H,3H2. The van der Waals surface area contributed by atoms with E-state index in [2.05, 4.69) is 4.74 Å². The van der Waals surface area contributed by atoms with Crippen molar-refractivity contribution < 1.29 is 35.6 Å². The summed E-state index contributed by atoms with van der Waals surface area (Å²) in [6.07, 6.45) is -4.80. The molecule has 0 saturated carbocycles. The smallest absolute Gasteiger partial charge is 0.422 e. The van der Waals surface area contributed by atoms with E-state index in [0.29, 0.717) is 0 Å². The number of hydrogen-bond acceptors (Lipinski definition) is 5. The molecule has 0 aliphatic heterocycles. The number of hydrogen-bond donors (Lipinski definition) is 0. The highest BCUT2D eigenvalue weighted by Crippen LogP contribution is 2.34. The van der Waals surface area contributed by atoms with Crippen LogP contribution in [0.2, 0.25) is 0 Å². The van der Waals surface area contributed by atoms with Gasteiger partial charge in [0.05, 0.1) is 4.92 Å². The molecule has 6 nitrogen and oxygen atoms in total. The van der Waals surface area contributed by atoms with Crippen LogP contribution < -0.4 is 4.74 Å². The average molecular weight is 338 g/mol. The third kappa shape index (κ3) is 4.20. The molecule has 12 heteroatoms. The van der Waals surface area contributed by atoms with Gasteiger partial charge in [-0.15, -0.1) is 0 Å². The minimum Gasteiger partial charge on any atom is -0.477 e. The molecular weight excluding hydrogens is 334 g/mol. The van der Waals surface area contributed by atoms with Gasteiger partial charge in [-0.1, -0.05) is 0 Å². The summed E-state index contributed by atoms with van der Waals surface area (Å²) in [6, 6.07) is 0.336. The van der Waals surface area contributed by atoms with Crippen molar-refractivity contribution in [2.24, 2.45) is 0 Å². The van der Waals surface area contributed by atoms with Crippen LogP contribution in [-0.4, -0.2) is 26.1 Å². The zero-order valence-corrected chi connectivity index (χ0v) is 10.7. The van der Waals surface area contributed by atoms with Gasteiger partial charge in [0.2, 0.25) is 0 Å². The molecular formula is C8H4ClF4NO5S. The fourth-order valence-corrected chi connectivity index (χ4v) is 2.03. The van der Waals surface area contributed by atoms with E-state index in [1.165, 1.54) is 0 Å². The lowest BCUT2D eigenvalue weighted by Crippen LogP contribution is -2.19. The Morgan fingerprint density at radius 1 is 1.35 bits per heavy atom. The fraction of sp³-hybridized carbons (Fsp3) is 0.250. The molecule has 0 aliphatic rings. The first-order chi connectivity index (χ1) is 8.92. The van der Waals surface area contributed by atoms with Crippen LogP contribution in [0.25, 0.3) is 0 Å². The SMILES string of the molecule is O=[N+]([O-])c1cc(S(=O)(=O)Cl)c(F)cc1OCC(F)(F)F. The first-order valence-corrected chi connectivity index (χ1v) is 6.85. The summed E-state index contributed by atoms with van der Waals surface area (Å²) >= 11 is 0. The molecule has 0 N–H and O–H groups in total. The third-order valence-corrected chi connectivity index (χ3v) is 3.20. The van der Waals surface area contributed by atoms with Gasteiger partial charge in [0.1, 0.15) is 10.7 Å². The van der Waals surface area contributed by atoms with E-state index in [0.717, 1.165) is 0 Å². The zero-order valence-electron chi connectivity index (χ0n) is 9.15. The molecule has 0 atom stereocenters. The first kappa shape index (κ1) is 16.4. The van der Waals surface area contributed by atoms with E-state index in [1.54, 1.807) is 0 Å². The maximum Gasteiger partial charge on any atom is 0.422 e. The van der Waals surface area contributed by atoms with Crippen molar-refractivity contribution in [3.8, 4) is 5.75 Å². The van der Waals surface area contributed by atoms with Crippen LogP contribution in [0.1, 0.15) is 0 Å². The second-order valence-electron chi connectivity index (χ2n) is 3.35. The normalized spacial score (nSPS) is 12.2. The maximum atomic E-state index is 13.4. The minimum atomic E-state index is -4.80. The topological polar surface area (TPSA) is 86.5 Å². The molecule has 0 spiro atoms. The number of nitrogens with zero attached hydrogens (tertiary/aromatic N) is 1.